The molecular weight excluding hydrogens is 318 g/mol. The summed E-state index contributed by atoms with van der Waals surface area (Å²) in [7, 11) is 0. The Kier molecular flexibility index (Phi) is 3.82. The molecule has 1 aliphatic heterocycles. The number of rotatable bonds is 3. The zero-order chi connectivity index (χ0) is 17.6. The number of benzene rings is 1. The lowest BCUT2D eigenvalue weighted by atomic mass is 9.63. The maximum atomic E-state index is 12.8. The molecule has 0 aromatic heterocycles. The topological polar surface area (TPSA) is 78.5 Å². The minimum atomic E-state index is -0.672. The average Bonchev–Trinajstić information content (AvgIpc) is 2.90. The van der Waals surface area contributed by atoms with Crippen LogP contribution in [0.4, 0.5) is 10.5 Å². The third kappa shape index (κ3) is 2.62. The van der Waals surface area contributed by atoms with Gasteiger partial charge in [0, 0.05) is 5.69 Å². The van der Waals surface area contributed by atoms with Crippen LogP contribution in [0.3, 0.4) is 0 Å². The molecule has 1 heterocycles. The first-order valence-electron chi connectivity index (χ1n) is 8.74. The van der Waals surface area contributed by atoms with Crippen molar-refractivity contribution >= 4 is 23.5 Å². The number of fused-ring (bicyclic) bond motifs is 1. The summed E-state index contributed by atoms with van der Waals surface area (Å²) < 4.78 is 0. The molecule has 0 unspecified atom stereocenters. The van der Waals surface area contributed by atoms with Crippen LogP contribution in [0, 0.1) is 23.7 Å². The highest BCUT2D eigenvalue weighted by molar-refractivity contribution is 6.06. The van der Waals surface area contributed by atoms with Gasteiger partial charge in [-0.15, -0.1) is 0 Å². The molecule has 5 atom stereocenters. The second-order valence-corrected chi connectivity index (χ2v) is 7.03. The van der Waals surface area contributed by atoms with E-state index in [4.69, 9.17) is 0 Å². The summed E-state index contributed by atoms with van der Waals surface area (Å²) in [5.74, 6) is -0.498. The van der Waals surface area contributed by atoms with Crippen LogP contribution >= 0.6 is 0 Å². The summed E-state index contributed by atoms with van der Waals surface area (Å²) in [5, 5.41) is 5.41. The van der Waals surface area contributed by atoms with E-state index in [1.54, 1.807) is 19.1 Å². The van der Waals surface area contributed by atoms with E-state index < -0.39 is 12.2 Å². The van der Waals surface area contributed by atoms with Gasteiger partial charge in [-0.3, -0.25) is 14.5 Å². The molecule has 4 amide bonds. The lowest BCUT2D eigenvalue weighted by Gasteiger charge is -2.38. The zero-order valence-corrected chi connectivity index (χ0v) is 14.0. The van der Waals surface area contributed by atoms with Crippen LogP contribution in [0.5, 0.6) is 0 Å². The first kappa shape index (κ1) is 15.9. The number of allylic oxidation sites excluding steroid dienone is 2. The van der Waals surface area contributed by atoms with Crippen LogP contribution in [0.25, 0.3) is 0 Å². The van der Waals surface area contributed by atoms with E-state index in [9.17, 15) is 14.4 Å². The summed E-state index contributed by atoms with van der Waals surface area (Å²) >= 11 is 0. The highest BCUT2D eigenvalue weighted by Gasteiger charge is 2.57. The standard InChI is InChI=1S/C19H21N3O3/c1-11(20-19(25)21-14-5-3-2-4-6-14)22-17(23)15-12-7-8-13(10-9-12)16(15)18(22)24/h2-8,11-13,15-16H,9-10H2,1H3,(H2,20,21,25)/t11-,12+,13+,15-,16+/m1/s1. The van der Waals surface area contributed by atoms with Crippen molar-refractivity contribution in [2.24, 2.45) is 23.7 Å². The lowest BCUT2D eigenvalue weighted by Crippen LogP contribution is -2.50. The molecular formula is C19H21N3O3. The molecule has 0 radical (unpaired) electrons. The number of carbonyl (C=O) groups is 3. The maximum Gasteiger partial charge on any atom is 0.320 e. The highest BCUT2D eigenvalue weighted by Crippen LogP contribution is 2.49. The third-order valence-corrected chi connectivity index (χ3v) is 5.55. The van der Waals surface area contributed by atoms with Gasteiger partial charge >= 0.3 is 6.03 Å². The van der Waals surface area contributed by atoms with E-state index in [0.717, 1.165) is 12.8 Å². The normalized spacial score (nSPS) is 31.0. The van der Waals surface area contributed by atoms with Crippen LogP contribution in [0.15, 0.2) is 42.5 Å². The van der Waals surface area contributed by atoms with E-state index in [1.807, 2.05) is 18.2 Å². The number of hydrogen-bond donors (Lipinski definition) is 2. The fraction of sp³-hybridized carbons (Fsp3) is 0.421. The van der Waals surface area contributed by atoms with Crippen molar-refractivity contribution in [1.29, 1.82) is 0 Å². The van der Waals surface area contributed by atoms with Gasteiger partial charge in [-0.2, -0.15) is 0 Å². The van der Waals surface area contributed by atoms with Crippen LogP contribution in [-0.2, 0) is 9.59 Å². The molecule has 1 saturated carbocycles. The molecule has 1 aromatic rings. The molecule has 6 heteroatoms. The predicted molar refractivity (Wildman–Crippen MR) is 92.2 cm³/mol. The number of hydrogen-bond acceptors (Lipinski definition) is 3. The number of urea groups is 1. The van der Waals surface area contributed by atoms with E-state index in [1.165, 1.54) is 4.90 Å². The summed E-state index contributed by atoms with van der Waals surface area (Å²) in [6.07, 6.45) is 5.43. The fourth-order valence-electron chi connectivity index (χ4n) is 4.42. The van der Waals surface area contributed by atoms with Crippen molar-refractivity contribution in [3.63, 3.8) is 0 Å². The van der Waals surface area contributed by atoms with Gasteiger partial charge in [-0.25, -0.2) is 4.79 Å². The molecule has 1 saturated heterocycles. The van der Waals surface area contributed by atoms with Gasteiger partial charge in [0.25, 0.3) is 0 Å². The van der Waals surface area contributed by atoms with Crippen molar-refractivity contribution in [3.05, 3.63) is 42.5 Å². The Morgan fingerprint density at radius 3 is 2.12 bits per heavy atom. The SMILES string of the molecule is C[C@H](NC(=O)Nc1ccccc1)N1C(=O)[C@@H]2[C@H](C1=O)[C@H]1C=C[C@H]2CC1. The Hall–Kier alpha value is -2.63. The summed E-state index contributed by atoms with van der Waals surface area (Å²) in [4.78, 5) is 39.1. The molecule has 6 nitrogen and oxygen atoms in total. The van der Waals surface area contributed by atoms with Gasteiger partial charge in [0.15, 0.2) is 0 Å². The van der Waals surface area contributed by atoms with E-state index in [0.29, 0.717) is 5.69 Å². The number of amides is 4. The molecule has 130 valence electrons. The minimum Gasteiger partial charge on any atom is -0.317 e. The number of para-hydroxylation sites is 1. The molecule has 2 fully saturated rings. The molecule has 4 aliphatic rings. The predicted octanol–water partition coefficient (Wildman–Crippen LogP) is 2.35. The molecule has 3 aliphatic carbocycles. The van der Waals surface area contributed by atoms with Crippen LogP contribution in [0.1, 0.15) is 19.8 Å². The Morgan fingerprint density at radius 2 is 1.60 bits per heavy atom. The number of nitrogens with one attached hydrogen (secondary N) is 2. The quantitative estimate of drug-likeness (QED) is 0.655. The largest absolute Gasteiger partial charge is 0.320 e. The van der Waals surface area contributed by atoms with Crippen LogP contribution < -0.4 is 10.6 Å². The minimum absolute atomic E-state index is 0.151. The summed E-state index contributed by atoms with van der Waals surface area (Å²) in [5.41, 5.74) is 0.655. The molecule has 1 aromatic carbocycles. The van der Waals surface area contributed by atoms with Gasteiger partial charge in [-0.05, 0) is 43.7 Å². The van der Waals surface area contributed by atoms with Crippen molar-refractivity contribution in [1.82, 2.24) is 10.2 Å². The second kappa shape index (κ2) is 6.02. The third-order valence-electron chi connectivity index (χ3n) is 5.55. The number of carbonyl (C=O) groups excluding carboxylic acids is 3. The Bertz CT molecular complexity index is 714. The Balaban J connectivity index is 1.46. The smallest absolute Gasteiger partial charge is 0.317 e. The van der Waals surface area contributed by atoms with Crippen LogP contribution in [-0.4, -0.2) is 28.9 Å². The summed E-state index contributed by atoms with van der Waals surface area (Å²) in [6.45, 7) is 1.67. The first-order valence-corrected chi connectivity index (χ1v) is 8.74. The lowest BCUT2D eigenvalue weighted by molar-refractivity contribution is -0.142. The van der Waals surface area contributed by atoms with Gasteiger partial charge in [-0.1, -0.05) is 30.4 Å². The summed E-state index contributed by atoms with van der Waals surface area (Å²) in [6, 6.07) is 8.61. The second-order valence-electron chi connectivity index (χ2n) is 7.03. The van der Waals surface area contributed by atoms with E-state index in [-0.39, 0.29) is 35.5 Å². The molecule has 25 heavy (non-hydrogen) atoms. The molecule has 0 spiro atoms. The van der Waals surface area contributed by atoms with E-state index >= 15 is 0 Å². The maximum absolute atomic E-state index is 12.8. The average molecular weight is 339 g/mol. The van der Waals surface area contributed by atoms with Gasteiger partial charge in [0.1, 0.15) is 6.17 Å². The van der Waals surface area contributed by atoms with Gasteiger partial charge in [0.05, 0.1) is 11.8 Å². The Labute approximate surface area is 146 Å². The van der Waals surface area contributed by atoms with E-state index in [2.05, 4.69) is 22.8 Å². The van der Waals surface area contributed by atoms with Crippen molar-refractivity contribution < 1.29 is 14.4 Å². The highest BCUT2D eigenvalue weighted by atomic mass is 16.2. The Morgan fingerprint density at radius 1 is 1.04 bits per heavy atom. The van der Waals surface area contributed by atoms with Gasteiger partial charge in [0.2, 0.25) is 11.8 Å². The fourth-order valence-corrected chi connectivity index (χ4v) is 4.42. The van der Waals surface area contributed by atoms with Crippen molar-refractivity contribution in [2.45, 2.75) is 25.9 Å². The van der Waals surface area contributed by atoms with Gasteiger partial charge < -0.3 is 10.6 Å². The molecule has 2 bridgehead atoms. The van der Waals surface area contributed by atoms with Crippen molar-refractivity contribution in [2.75, 3.05) is 5.32 Å². The monoisotopic (exact) mass is 339 g/mol. The number of nitrogens with zero attached hydrogens (tertiary/aromatic N) is 1. The number of likely N-dealkylation sites (tertiary alicyclic amines) is 1. The molecule has 5 rings (SSSR count). The number of imide groups is 1. The van der Waals surface area contributed by atoms with Crippen LogP contribution in [0.2, 0.25) is 0 Å². The first-order chi connectivity index (χ1) is 12.1. The zero-order valence-electron chi connectivity index (χ0n) is 14.0. The van der Waals surface area contributed by atoms with Crippen molar-refractivity contribution in [3.8, 4) is 0 Å². The number of anilines is 1. The molecule has 2 N–H and O–H groups in total.